The van der Waals surface area contributed by atoms with Gasteiger partial charge in [0.25, 0.3) is 0 Å². The van der Waals surface area contributed by atoms with Gasteiger partial charge in [0.15, 0.2) is 0 Å². The largest absolute Gasteiger partial charge is 0.352 e. The number of nitrogens with one attached hydrogen (secondary N) is 2. The highest BCUT2D eigenvalue weighted by Gasteiger charge is 2.09. The van der Waals surface area contributed by atoms with Gasteiger partial charge < -0.3 is 10.6 Å². The number of aryl methyl sites for hydroxylation is 2. The lowest BCUT2D eigenvalue weighted by Crippen LogP contribution is -2.40. The Morgan fingerprint density at radius 2 is 1.86 bits per heavy atom. The summed E-state index contributed by atoms with van der Waals surface area (Å²) < 4.78 is 1.07. The van der Waals surface area contributed by atoms with Crippen LogP contribution in [0.4, 0.5) is 0 Å². The third-order valence-corrected chi connectivity index (χ3v) is 4.72. The smallest absolute Gasteiger partial charge is 0.239 e. The van der Waals surface area contributed by atoms with E-state index in [-0.39, 0.29) is 24.4 Å². The van der Waals surface area contributed by atoms with Crippen LogP contribution in [0.25, 0.3) is 0 Å². The van der Waals surface area contributed by atoms with Crippen molar-refractivity contribution in [2.24, 2.45) is 0 Å². The number of carbonyl (C=O) groups excluding carboxylic acids is 2. The van der Waals surface area contributed by atoms with Crippen molar-refractivity contribution in [1.29, 1.82) is 0 Å². The van der Waals surface area contributed by atoms with Crippen LogP contribution in [-0.2, 0) is 9.59 Å². The molecule has 21 heavy (non-hydrogen) atoms. The van der Waals surface area contributed by atoms with E-state index in [0.717, 1.165) is 20.5 Å². The number of hydrogen-bond acceptors (Lipinski definition) is 3. The number of halogens is 1. The highest BCUT2D eigenvalue weighted by molar-refractivity contribution is 9.10. The Labute approximate surface area is 138 Å². The van der Waals surface area contributed by atoms with Gasteiger partial charge in [-0.3, -0.25) is 9.59 Å². The molecular weight excluding hydrogens is 352 g/mol. The molecule has 6 heteroatoms. The van der Waals surface area contributed by atoms with Crippen LogP contribution in [-0.4, -0.2) is 30.2 Å². The third-order valence-electron chi connectivity index (χ3n) is 2.71. The summed E-state index contributed by atoms with van der Waals surface area (Å²) in [7, 11) is 0. The van der Waals surface area contributed by atoms with Gasteiger partial charge in [-0.05, 0) is 51.0 Å². The minimum Gasteiger partial charge on any atom is -0.352 e. The van der Waals surface area contributed by atoms with Crippen molar-refractivity contribution in [3.05, 3.63) is 27.7 Å². The summed E-state index contributed by atoms with van der Waals surface area (Å²) in [6, 6.07) is 4.19. The van der Waals surface area contributed by atoms with Gasteiger partial charge in [0.2, 0.25) is 11.8 Å². The van der Waals surface area contributed by atoms with Crippen LogP contribution in [0.2, 0.25) is 0 Å². The van der Waals surface area contributed by atoms with Crippen molar-refractivity contribution >= 4 is 39.5 Å². The van der Waals surface area contributed by atoms with Crippen LogP contribution in [0.1, 0.15) is 25.0 Å². The Hall–Kier alpha value is -1.01. The second-order valence-electron chi connectivity index (χ2n) is 5.15. The average molecular weight is 373 g/mol. The number of carbonyl (C=O) groups is 2. The molecule has 0 saturated heterocycles. The molecule has 0 unspecified atom stereocenters. The van der Waals surface area contributed by atoms with Crippen LogP contribution in [0.5, 0.6) is 0 Å². The summed E-state index contributed by atoms with van der Waals surface area (Å²) in [5.74, 6) is -0.00505. The standard InChI is InChI=1S/C15H21BrN2O2S/c1-9(2)18-14(19)7-17-15(20)8-21-13-6-10(3)12(16)5-11(13)4/h5-6,9H,7-8H2,1-4H3,(H,17,20)(H,18,19). The molecule has 0 heterocycles. The van der Waals surface area contributed by atoms with Crippen molar-refractivity contribution in [3.8, 4) is 0 Å². The van der Waals surface area contributed by atoms with E-state index in [4.69, 9.17) is 0 Å². The van der Waals surface area contributed by atoms with Crippen molar-refractivity contribution in [3.63, 3.8) is 0 Å². The third kappa shape index (κ3) is 6.52. The van der Waals surface area contributed by atoms with E-state index in [2.05, 4.69) is 32.6 Å². The molecule has 0 radical (unpaired) electrons. The zero-order valence-corrected chi connectivity index (χ0v) is 15.2. The van der Waals surface area contributed by atoms with Gasteiger partial charge in [-0.15, -0.1) is 11.8 Å². The molecule has 0 bridgehead atoms. The Balaban J connectivity index is 2.43. The van der Waals surface area contributed by atoms with Crippen LogP contribution >= 0.6 is 27.7 Å². The van der Waals surface area contributed by atoms with Crippen molar-refractivity contribution in [2.45, 2.75) is 38.6 Å². The van der Waals surface area contributed by atoms with Crippen LogP contribution in [0, 0.1) is 13.8 Å². The predicted octanol–water partition coefficient (Wildman–Crippen LogP) is 2.80. The fraction of sp³-hybridized carbons (Fsp3) is 0.467. The van der Waals surface area contributed by atoms with Crippen molar-refractivity contribution < 1.29 is 9.59 Å². The molecule has 0 aliphatic heterocycles. The molecule has 0 aliphatic carbocycles. The molecule has 0 spiro atoms. The van der Waals surface area contributed by atoms with E-state index in [1.165, 1.54) is 11.8 Å². The number of hydrogen-bond donors (Lipinski definition) is 2. The molecule has 1 aromatic carbocycles. The number of benzene rings is 1. The van der Waals surface area contributed by atoms with Gasteiger partial charge >= 0.3 is 0 Å². The first-order chi connectivity index (χ1) is 9.79. The SMILES string of the molecule is Cc1cc(SCC(=O)NCC(=O)NC(C)C)c(C)cc1Br. The van der Waals surface area contributed by atoms with Crippen molar-refractivity contribution in [2.75, 3.05) is 12.3 Å². The number of rotatable bonds is 6. The Morgan fingerprint density at radius 1 is 1.19 bits per heavy atom. The van der Waals surface area contributed by atoms with E-state index in [9.17, 15) is 9.59 Å². The van der Waals surface area contributed by atoms with Gasteiger partial charge in [-0.25, -0.2) is 0 Å². The minimum absolute atomic E-state index is 0.0237. The predicted molar refractivity (Wildman–Crippen MR) is 90.6 cm³/mol. The molecule has 116 valence electrons. The molecule has 0 aromatic heterocycles. The first-order valence-electron chi connectivity index (χ1n) is 6.75. The lowest BCUT2D eigenvalue weighted by Gasteiger charge is -2.10. The molecule has 0 aliphatic rings. The highest BCUT2D eigenvalue weighted by atomic mass is 79.9. The maximum atomic E-state index is 11.7. The monoisotopic (exact) mass is 372 g/mol. The summed E-state index contributed by atoms with van der Waals surface area (Å²) in [6.45, 7) is 7.82. The fourth-order valence-electron chi connectivity index (χ4n) is 1.66. The molecule has 2 amide bonds. The lowest BCUT2D eigenvalue weighted by molar-refractivity contribution is -0.125. The normalized spacial score (nSPS) is 10.6. The minimum atomic E-state index is -0.168. The highest BCUT2D eigenvalue weighted by Crippen LogP contribution is 2.28. The Bertz CT molecular complexity index is 533. The van der Waals surface area contributed by atoms with Crippen LogP contribution in [0.15, 0.2) is 21.5 Å². The lowest BCUT2D eigenvalue weighted by atomic mass is 10.2. The molecule has 2 N–H and O–H groups in total. The summed E-state index contributed by atoms with van der Waals surface area (Å²) in [5.41, 5.74) is 2.27. The molecule has 0 atom stereocenters. The van der Waals surface area contributed by atoms with E-state index in [0.29, 0.717) is 5.75 Å². The maximum absolute atomic E-state index is 11.7. The quantitative estimate of drug-likeness (QED) is 0.754. The number of amides is 2. The molecule has 1 rings (SSSR count). The van der Waals surface area contributed by atoms with Crippen molar-refractivity contribution in [1.82, 2.24) is 10.6 Å². The Morgan fingerprint density at radius 3 is 2.48 bits per heavy atom. The van der Waals surface area contributed by atoms with Gasteiger partial charge in [-0.2, -0.15) is 0 Å². The van der Waals surface area contributed by atoms with Crippen LogP contribution < -0.4 is 10.6 Å². The molecule has 0 fully saturated rings. The average Bonchev–Trinajstić information content (AvgIpc) is 2.38. The van der Waals surface area contributed by atoms with E-state index >= 15 is 0 Å². The zero-order chi connectivity index (χ0) is 16.0. The number of thioether (sulfide) groups is 1. The van der Waals surface area contributed by atoms with Gasteiger partial charge in [0, 0.05) is 15.4 Å². The van der Waals surface area contributed by atoms with E-state index < -0.39 is 0 Å². The first-order valence-corrected chi connectivity index (χ1v) is 8.53. The van der Waals surface area contributed by atoms with Crippen LogP contribution in [0.3, 0.4) is 0 Å². The molecule has 0 saturated carbocycles. The molecule has 1 aromatic rings. The summed E-state index contributed by atoms with van der Waals surface area (Å²) in [5, 5.41) is 5.35. The maximum Gasteiger partial charge on any atom is 0.239 e. The van der Waals surface area contributed by atoms with Gasteiger partial charge in [-0.1, -0.05) is 15.9 Å². The summed E-state index contributed by atoms with van der Waals surface area (Å²) in [6.07, 6.45) is 0. The van der Waals surface area contributed by atoms with E-state index in [1.54, 1.807) is 0 Å². The van der Waals surface area contributed by atoms with E-state index in [1.807, 2.05) is 33.8 Å². The zero-order valence-electron chi connectivity index (χ0n) is 12.7. The van der Waals surface area contributed by atoms with Gasteiger partial charge in [0.05, 0.1) is 12.3 Å². The Kier molecular flexibility index (Phi) is 7.25. The summed E-state index contributed by atoms with van der Waals surface area (Å²) in [4.78, 5) is 24.3. The fourth-order valence-corrected chi connectivity index (χ4v) is 3.05. The molecule has 4 nitrogen and oxygen atoms in total. The van der Waals surface area contributed by atoms with Gasteiger partial charge in [0.1, 0.15) is 0 Å². The molecular formula is C15H21BrN2O2S. The summed E-state index contributed by atoms with van der Waals surface area (Å²) >= 11 is 4.97. The first kappa shape index (κ1) is 18.0. The second-order valence-corrected chi connectivity index (χ2v) is 7.03. The second kappa shape index (κ2) is 8.44. The topological polar surface area (TPSA) is 58.2 Å².